The minimum absolute atomic E-state index is 0.0494. The van der Waals surface area contributed by atoms with Gasteiger partial charge in [0.05, 0.1) is 24.8 Å². The fourth-order valence-electron chi connectivity index (χ4n) is 2.71. The van der Waals surface area contributed by atoms with Crippen molar-refractivity contribution >= 4 is 34.6 Å². The molecular weight excluding hydrogens is 404 g/mol. The molecule has 0 radical (unpaired) electrons. The Kier molecular flexibility index (Phi) is 6.64. The smallest absolute Gasteiger partial charge is 0.410 e. The first-order chi connectivity index (χ1) is 12.4. The molecule has 1 aromatic rings. The number of halogens is 3. The number of aromatic nitrogens is 1. The topological polar surface area (TPSA) is 85.8 Å². The maximum Gasteiger partial charge on any atom is 0.410 e. The van der Waals surface area contributed by atoms with E-state index in [0.717, 1.165) is 9.21 Å². The summed E-state index contributed by atoms with van der Waals surface area (Å²) in [5.41, 5.74) is -0.767. The van der Waals surface area contributed by atoms with E-state index < -0.39 is 47.9 Å². The molecule has 2 heterocycles. The Morgan fingerprint density at radius 2 is 2.22 bits per heavy atom. The van der Waals surface area contributed by atoms with Gasteiger partial charge in [-0.25, -0.2) is 18.6 Å². The van der Waals surface area contributed by atoms with E-state index in [-0.39, 0.29) is 23.8 Å². The highest BCUT2D eigenvalue weighted by Crippen LogP contribution is 2.33. The van der Waals surface area contributed by atoms with Crippen LogP contribution in [0.2, 0.25) is 5.15 Å². The SMILES string of the molecule is CC(C)(C)OC(=O)N1CC(F)(F)CCC1CN(c1cccnc1Cl)S(=O)[O-]. The summed E-state index contributed by atoms with van der Waals surface area (Å²) in [7, 11) is 0. The highest BCUT2D eigenvalue weighted by atomic mass is 35.5. The average molecular weight is 425 g/mol. The molecule has 11 heteroatoms. The minimum Gasteiger partial charge on any atom is -0.755 e. The van der Waals surface area contributed by atoms with Crippen molar-refractivity contribution < 1.29 is 27.1 Å². The molecule has 2 atom stereocenters. The second kappa shape index (κ2) is 8.24. The third kappa shape index (κ3) is 5.98. The second-order valence-corrected chi connectivity index (χ2v) is 8.48. The van der Waals surface area contributed by atoms with Crippen molar-refractivity contribution in [2.24, 2.45) is 0 Å². The Morgan fingerprint density at radius 3 is 2.78 bits per heavy atom. The highest BCUT2D eigenvalue weighted by Gasteiger charge is 2.44. The van der Waals surface area contributed by atoms with E-state index in [1.165, 1.54) is 18.3 Å². The van der Waals surface area contributed by atoms with Gasteiger partial charge in [0.1, 0.15) is 5.60 Å². The summed E-state index contributed by atoms with van der Waals surface area (Å²) >= 11 is 3.22. The van der Waals surface area contributed by atoms with Gasteiger partial charge in [0.25, 0.3) is 5.92 Å². The molecule has 2 unspecified atom stereocenters. The number of hydrogen-bond donors (Lipinski definition) is 0. The summed E-state index contributed by atoms with van der Waals surface area (Å²) in [5.74, 6) is -3.07. The van der Waals surface area contributed by atoms with Crippen LogP contribution in [-0.4, -0.2) is 55.4 Å². The molecule has 0 saturated carbocycles. The normalized spacial score (nSPS) is 20.9. The van der Waals surface area contributed by atoms with Crippen molar-refractivity contribution in [2.45, 2.75) is 51.2 Å². The monoisotopic (exact) mass is 424 g/mol. The van der Waals surface area contributed by atoms with Gasteiger partial charge in [-0.2, -0.15) is 0 Å². The van der Waals surface area contributed by atoms with Crippen LogP contribution in [0.15, 0.2) is 18.3 Å². The summed E-state index contributed by atoms with van der Waals surface area (Å²) < 4.78 is 57.3. The largest absolute Gasteiger partial charge is 0.755 e. The summed E-state index contributed by atoms with van der Waals surface area (Å²) in [5, 5.41) is -0.0494. The first kappa shape index (κ1) is 21.8. The number of carbonyl (C=O) groups excluding carboxylic acids is 1. The van der Waals surface area contributed by atoms with Gasteiger partial charge in [-0.15, -0.1) is 0 Å². The van der Waals surface area contributed by atoms with Gasteiger partial charge in [-0.1, -0.05) is 11.6 Å². The molecule has 1 aliphatic heterocycles. The third-order valence-corrected chi connectivity index (χ3v) is 4.88. The van der Waals surface area contributed by atoms with Gasteiger partial charge in [0, 0.05) is 23.9 Å². The predicted molar refractivity (Wildman–Crippen MR) is 96.4 cm³/mol. The van der Waals surface area contributed by atoms with E-state index in [4.69, 9.17) is 16.3 Å². The number of anilines is 1. The molecule has 0 bridgehead atoms. The standard InChI is InChI=1S/C16H22ClF2N3O4S/c1-15(2,3)26-14(23)21-10-16(18,19)7-6-11(21)9-22(27(24)25)12-5-4-8-20-13(12)17/h4-5,8,11H,6-7,9-10H2,1-3H3,(H,24,25)/p-1. The minimum atomic E-state index is -3.07. The fraction of sp³-hybridized carbons (Fsp3) is 0.625. The zero-order valence-corrected chi connectivity index (χ0v) is 16.7. The van der Waals surface area contributed by atoms with Crippen LogP contribution in [0.4, 0.5) is 19.3 Å². The zero-order valence-electron chi connectivity index (χ0n) is 15.2. The summed E-state index contributed by atoms with van der Waals surface area (Å²) in [6, 6.07) is 2.15. The Balaban J connectivity index is 2.28. The van der Waals surface area contributed by atoms with Gasteiger partial charge < -0.3 is 9.29 Å². The number of likely N-dealkylation sites (tertiary alicyclic amines) is 1. The number of rotatable bonds is 4. The number of nitrogens with zero attached hydrogens (tertiary/aromatic N) is 3. The lowest BCUT2D eigenvalue weighted by molar-refractivity contribution is -0.0837. The van der Waals surface area contributed by atoms with Crippen LogP contribution in [0.25, 0.3) is 0 Å². The number of carbonyl (C=O) groups is 1. The quantitative estimate of drug-likeness (QED) is 0.546. The molecular formula is C16H21ClF2N3O4S-. The first-order valence-electron chi connectivity index (χ1n) is 8.24. The van der Waals surface area contributed by atoms with Crippen LogP contribution < -0.4 is 4.31 Å². The molecule has 1 aromatic heterocycles. The van der Waals surface area contributed by atoms with E-state index in [9.17, 15) is 22.3 Å². The Bertz CT molecular complexity index is 717. The molecule has 1 saturated heterocycles. The third-order valence-electron chi connectivity index (χ3n) is 3.88. The second-order valence-electron chi connectivity index (χ2n) is 7.25. The molecule has 0 N–H and O–H groups in total. The average Bonchev–Trinajstić information content (AvgIpc) is 2.52. The summed E-state index contributed by atoms with van der Waals surface area (Å²) in [4.78, 5) is 17.1. The van der Waals surface area contributed by atoms with Crippen molar-refractivity contribution in [1.29, 1.82) is 0 Å². The van der Waals surface area contributed by atoms with Gasteiger partial charge >= 0.3 is 6.09 Å². The highest BCUT2D eigenvalue weighted by molar-refractivity contribution is 7.80. The molecule has 7 nitrogen and oxygen atoms in total. The van der Waals surface area contributed by atoms with E-state index in [0.29, 0.717) is 0 Å². The molecule has 1 amide bonds. The maximum atomic E-state index is 13.9. The molecule has 0 spiro atoms. The molecule has 0 aromatic carbocycles. The molecule has 0 aliphatic carbocycles. The molecule has 27 heavy (non-hydrogen) atoms. The lowest BCUT2D eigenvalue weighted by Gasteiger charge is -2.42. The molecule has 2 rings (SSSR count). The van der Waals surface area contributed by atoms with Gasteiger partial charge in [0.2, 0.25) is 0 Å². The number of pyridine rings is 1. The lowest BCUT2D eigenvalue weighted by atomic mass is 9.99. The number of hydrogen-bond acceptors (Lipinski definition) is 5. The van der Waals surface area contributed by atoms with Crippen LogP contribution in [0, 0.1) is 0 Å². The van der Waals surface area contributed by atoms with E-state index in [1.807, 2.05) is 0 Å². The maximum absolute atomic E-state index is 13.9. The fourth-order valence-corrected chi connectivity index (χ4v) is 3.58. The van der Waals surface area contributed by atoms with E-state index >= 15 is 0 Å². The van der Waals surface area contributed by atoms with Crippen LogP contribution in [-0.2, 0) is 16.0 Å². The van der Waals surface area contributed by atoms with Crippen molar-refractivity contribution in [3.05, 3.63) is 23.5 Å². The number of amides is 1. The number of alkyl halides is 2. The van der Waals surface area contributed by atoms with Gasteiger partial charge in [0.15, 0.2) is 5.15 Å². The summed E-state index contributed by atoms with van der Waals surface area (Å²) in [6.45, 7) is 3.78. The first-order valence-corrected chi connectivity index (χ1v) is 9.65. The summed E-state index contributed by atoms with van der Waals surface area (Å²) in [6.07, 6.45) is -0.0679. The lowest BCUT2D eigenvalue weighted by Crippen LogP contribution is -2.56. The number of ether oxygens (including phenoxy) is 1. The Labute approximate surface area is 164 Å². The molecule has 1 fully saturated rings. The van der Waals surface area contributed by atoms with Crippen LogP contribution >= 0.6 is 11.6 Å². The van der Waals surface area contributed by atoms with Crippen LogP contribution in [0.3, 0.4) is 0 Å². The zero-order chi connectivity index (χ0) is 20.4. The Morgan fingerprint density at radius 1 is 1.56 bits per heavy atom. The Hall–Kier alpha value is -1.52. The van der Waals surface area contributed by atoms with Crippen LogP contribution in [0.1, 0.15) is 33.6 Å². The van der Waals surface area contributed by atoms with Gasteiger partial charge in [-0.3, -0.25) is 13.4 Å². The number of piperidine rings is 1. The van der Waals surface area contributed by atoms with Gasteiger partial charge in [-0.05, 0) is 39.3 Å². The van der Waals surface area contributed by atoms with E-state index in [2.05, 4.69) is 4.98 Å². The van der Waals surface area contributed by atoms with Crippen molar-refractivity contribution in [2.75, 3.05) is 17.4 Å². The van der Waals surface area contributed by atoms with E-state index in [1.54, 1.807) is 20.8 Å². The predicted octanol–water partition coefficient (Wildman–Crippen LogP) is 3.37. The van der Waals surface area contributed by atoms with Crippen molar-refractivity contribution in [3.8, 4) is 0 Å². The molecule has 1 aliphatic rings. The molecule has 152 valence electrons. The van der Waals surface area contributed by atoms with Crippen LogP contribution in [0.5, 0.6) is 0 Å². The van der Waals surface area contributed by atoms with Crippen molar-refractivity contribution in [3.63, 3.8) is 0 Å². The van der Waals surface area contributed by atoms with Crippen molar-refractivity contribution in [1.82, 2.24) is 9.88 Å².